The summed E-state index contributed by atoms with van der Waals surface area (Å²) in [5.74, 6) is 0.897. The van der Waals surface area contributed by atoms with E-state index in [0.29, 0.717) is 23.1 Å². The van der Waals surface area contributed by atoms with Crippen LogP contribution in [0.5, 0.6) is 5.75 Å². The molecule has 1 aliphatic heterocycles. The number of fused-ring (bicyclic) bond motifs is 1. The fraction of sp³-hybridized carbons (Fsp3) is 0.125. The number of hydrogen-bond acceptors (Lipinski definition) is 5. The van der Waals surface area contributed by atoms with Gasteiger partial charge in [-0.1, -0.05) is 64.1 Å². The van der Waals surface area contributed by atoms with Crippen LogP contribution in [0.1, 0.15) is 5.56 Å². The van der Waals surface area contributed by atoms with Crippen molar-refractivity contribution in [2.24, 2.45) is 0 Å². The van der Waals surface area contributed by atoms with Gasteiger partial charge in [0, 0.05) is 22.4 Å². The number of carbonyl (C=O) groups excluding carboxylic acids is 1. The molecule has 0 radical (unpaired) electrons. The minimum atomic E-state index is 0.0365. The van der Waals surface area contributed by atoms with Crippen LogP contribution >= 0.6 is 27.7 Å². The Morgan fingerprint density at radius 1 is 1.03 bits per heavy atom. The van der Waals surface area contributed by atoms with Crippen LogP contribution in [0.15, 0.2) is 82.4 Å². The van der Waals surface area contributed by atoms with E-state index < -0.39 is 0 Å². The molecule has 0 unspecified atom stereocenters. The number of aromatic nitrogens is 3. The molecule has 1 aliphatic rings. The number of halogens is 1. The lowest BCUT2D eigenvalue weighted by molar-refractivity contribution is -0.116. The first-order chi connectivity index (χ1) is 15.6. The molecule has 0 saturated heterocycles. The summed E-state index contributed by atoms with van der Waals surface area (Å²) in [5.41, 5.74) is 3.60. The van der Waals surface area contributed by atoms with Crippen LogP contribution in [-0.4, -0.2) is 38.1 Å². The lowest BCUT2D eigenvalue weighted by Gasteiger charge is -2.17. The molecule has 160 valence electrons. The Labute approximate surface area is 198 Å². The van der Waals surface area contributed by atoms with E-state index in [1.165, 1.54) is 17.3 Å². The zero-order valence-corrected chi connectivity index (χ0v) is 19.4. The van der Waals surface area contributed by atoms with E-state index in [2.05, 4.69) is 32.2 Å². The highest BCUT2D eigenvalue weighted by Gasteiger charge is 2.25. The lowest BCUT2D eigenvalue weighted by atomic mass is 10.2. The summed E-state index contributed by atoms with van der Waals surface area (Å²) < 4.78 is 2.70. The number of para-hydroxylation sites is 2. The van der Waals surface area contributed by atoms with E-state index in [1.54, 1.807) is 18.2 Å². The molecule has 5 rings (SSSR count). The molecular weight excluding hydrogens is 488 g/mol. The number of anilines is 1. The number of nitrogens with zero attached hydrogens (tertiary/aromatic N) is 4. The van der Waals surface area contributed by atoms with Gasteiger partial charge in [0.2, 0.25) is 5.91 Å². The van der Waals surface area contributed by atoms with Gasteiger partial charge in [0.1, 0.15) is 5.75 Å². The average Bonchev–Trinajstić information content (AvgIpc) is 3.44. The zero-order valence-electron chi connectivity index (χ0n) is 17.0. The Kier molecular flexibility index (Phi) is 5.71. The fourth-order valence-electron chi connectivity index (χ4n) is 3.84. The maximum Gasteiger partial charge on any atom is 0.237 e. The third-order valence-corrected chi connectivity index (χ3v) is 6.77. The van der Waals surface area contributed by atoms with Crippen molar-refractivity contribution in [1.82, 2.24) is 14.8 Å². The summed E-state index contributed by atoms with van der Waals surface area (Å²) >= 11 is 4.80. The van der Waals surface area contributed by atoms with E-state index >= 15 is 0 Å². The summed E-state index contributed by atoms with van der Waals surface area (Å²) in [5, 5.41) is 19.8. The van der Waals surface area contributed by atoms with Gasteiger partial charge in [-0.3, -0.25) is 9.36 Å². The van der Waals surface area contributed by atoms with Crippen LogP contribution in [0.2, 0.25) is 0 Å². The van der Waals surface area contributed by atoms with Crippen molar-refractivity contribution in [3.8, 4) is 22.8 Å². The summed E-state index contributed by atoms with van der Waals surface area (Å²) in [6, 6.07) is 22.9. The number of amides is 1. The number of hydrogen-bond donors (Lipinski definition) is 1. The van der Waals surface area contributed by atoms with Crippen molar-refractivity contribution in [2.75, 3.05) is 17.2 Å². The molecule has 0 spiro atoms. The summed E-state index contributed by atoms with van der Waals surface area (Å²) in [4.78, 5) is 14.8. The first-order valence-electron chi connectivity index (χ1n) is 10.1. The van der Waals surface area contributed by atoms with E-state index in [0.717, 1.165) is 22.3 Å². The SMILES string of the molecule is O=C(CSc1nnc(-c2cc(Br)ccc2O)n1-c1ccccc1)N1CCc2ccccc21. The van der Waals surface area contributed by atoms with E-state index in [4.69, 9.17) is 0 Å². The molecule has 6 nitrogen and oxygen atoms in total. The average molecular weight is 507 g/mol. The van der Waals surface area contributed by atoms with Crippen LogP contribution in [0.4, 0.5) is 5.69 Å². The molecular formula is C24H19BrN4O2S. The molecule has 32 heavy (non-hydrogen) atoms. The summed E-state index contributed by atoms with van der Waals surface area (Å²) in [7, 11) is 0. The Balaban J connectivity index is 1.46. The van der Waals surface area contributed by atoms with Gasteiger partial charge < -0.3 is 10.0 Å². The number of phenols is 1. The van der Waals surface area contributed by atoms with Gasteiger partial charge in [-0.25, -0.2) is 0 Å². The molecule has 4 aromatic rings. The second kappa shape index (κ2) is 8.80. The van der Waals surface area contributed by atoms with Crippen LogP contribution < -0.4 is 4.90 Å². The van der Waals surface area contributed by atoms with Gasteiger partial charge in [0.05, 0.1) is 11.3 Å². The molecule has 1 N–H and O–H groups in total. The third kappa shape index (κ3) is 3.91. The fourth-order valence-corrected chi connectivity index (χ4v) is 5.03. The molecule has 0 saturated carbocycles. The highest BCUT2D eigenvalue weighted by Crippen LogP contribution is 2.35. The van der Waals surface area contributed by atoms with Crippen molar-refractivity contribution >= 4 is 39.3 Å². The minimum Gasteiger partial charge on any atom is -0.507 e. The van der Waals surface area contributed by atoms with Gasteiger partial charge >= 0.3 is 0 Å². The summed E-state index contributed by atoms with van der Waals surface area (Å²) in [6.45, 7) is 0.696. The third-order valence-electron chi connectivity index (χ3n) is 5.36. The first-order valence-corrected chi connectivity index (χ1v) is 11.9. The molecule has 8 heteroatoms. The molecule has 0 atom stereocenters. The highest BCUT2D eigenvalue weighted by molar-refractivity contribution is 9.10. The van der Waals surface area contributed by atoms with Gasteiger partial charge in [-0.15, -0.1) is 10.2 Å². The zero-order chi connectivity index (χ0) is 22.1. The quantitative estimate of drug-likeness (QED) is 0.382. The normalized spacial score (nSPS) is 12.7. The number of benzene rings is 3. The second-order valence-corrected chi connectivity index (χ2v) is 9.21. The lowest BCUT2D eigenvalue weighted by Crippen LogP contribution is -2.30. The van der Waals surface area contributed by atoms with Gasteiger partial charge in [-0.05, 0) is 48.4 Å². The molecule has 2 heterocycles. The Bertz CT molecular complexity index is 1290. The maximum atomic E-state index is 13.0. The van der Waals surface area contributed by atoms with E-state index in [9.17, 15) is 9.90 Å². The van der Waals surface area contributed by atoms with Gasteiger partial charge in [-0.2, -0.15) is 0 Å². The smallest absolute Gasteiger partial charge is 0.237 e. The van der Waals surface area contributed by atoms with Crippen LogP contribution in [0, 0.1) is 0 Å². The predicted octanol–water partition coefficient (Wildman–Crippen LogP) is 5.08. The minimum absolute atomic E-state index is 0.0365. The van der Waals surface area contributed by atoms with Crippen molar-refractivity contribution in [1.29, 1.82) is 0 Å². The second-order valence-electron chi connectivity index (χ2n) is 7.35. The van der Waals surface area contributed by atoms with E-state index in [-0.39, 0.29) is 17.4 Å². The Morgan fingerprint density at radius 2 is 1.81 bits per heavy atom. The predicted molar refractivity (Wildman–Crippen MR) is 129 cm³/mol. The largest absolute Gasteiger partial charge is 0.507 e. The topological polar surface area (TPSA) is 71.2 Å². The molecule has 0 aliphatic carbocycles. The maximum absolute atomic E-state index is 13.0. The monoisotopic (exact) mass is 506 g/mol. The first kappa shape index (κ1) is 20.8. The number of carbonyl (C=O) groups is 1. The number of rotatable bonds is 5. The molecule has 0 fully saturated rings. The molecule has 1 amide bonds. The molecule has 0 bridgehead atoms. The highest BCUT2D eigenvalue weighted by atomic mass is 79.9. The molecule has 1 aromatic heterocycles. The van der Waals surface area contributed by atoms with Gasteiger partial charge in [0.25, 0.3) is 0 Å². The Morgan fingerprint density at radius 3 is 2.66 bits per heavy atom. The van der Waals surface area contributed by atoms with Crippen molar-refractivity contribution in [3.63, 3.8) is 0 Å². The van der Waals surface area contributed by atoms with E-state index in [1.807, 2.05) is 58.0 Å². The van der Waals surface area contributed by atoms with Crippen LogP contribution in [0.25, 0.3) is 17.1 Å². The Hall–Kier alpha value is -3.10. The summed E-state index contributed by atoms with van der Waals surface area (Å²) in [6.07, 6.45) is 0.874. The molecule has 3 aromatic carbocycles. The van der Waals surface area contributed by atoms with Crippen molar-refractivity contribution in [2.45, 2.75) is 11.6 Å². The standard InChI is InChI=1S/C24H19BrN4O2S/c25-17-10-11-21(30)19(14-17)23-26-27-24(29(23)18-7-2-1-3-8-18)32-15-22(31)28-13-12-16-6-4-5-9-20(16)28/h1-11,14,30H,12-13,15H2. The number of thioether (sulfide) groups is 1. The van der Waals surface area contributed by atoms with Crippen LogP contribution in [0.3, 0.4) is 0 Å². The van der Waals surface area contributed by atoms with Gasteiger partial charge in [0.15, 0.2) is 11.0 Å². The van der Waals surface area contributed by atoms with Crippen molar-refractivity contribution < 1.29 is 9.90 Å². The van der Waals surface area contributed by atoms with Crippen LogP contribution in [-0.2, 0) is 11.2 Å². The number of aromatic hydroxyl groups is 1. The van der Waals surface area contributed by atoms with Crippen molar-refractivity contribution in [3.05, 3.63) is 82.8 Å². The number of phenolic OH excluding ortho intramolecular Hbond substituents is 1.